The van der Waals surface area contributed by atoms with Crippen LogP contribution in [0.15, 0.2) is 262 Å². The summed E-state index contributed by atoms with van der Waals surface area (Å²) < 4.78 is 11.7. The molecule has 2 aromatic heterocycles. The maximum absolute atomic E-state index is 10.7. The molecular formula is C83H95IN2NaO4P. The SMILES string of the molecule is C.C=CCCCCCCCCOc1ccc(C=Cc2ccc(C=Cc3ccncc3)cc2)cc1.C=CCCCCCCCCOc1ccc(C=Cc2ccc(C=O)cc2)cc1.CC[O-].[I-].[Na+].c1ccc([P+](Cc2ccncc2)(c2ccccc2)c2ccccc2)cc1. The Bertz CT molecular complexity index is 3290. The van der Waals surface area contributed by atoms with Crippen molar-refractivity contribution in [3.05, 3.63) is 307 Å². The molecule has 0 bridgehead atoms. The second-order valence-corrected chi connectivity index (χ2v) is 25.1. The van der Waals surface area contributed by atoms with Crippen molar-refractivity contribution in [1.82, 2.24) is 9.97 Å². The molecular weight excluding hydrogens is 1270 g/mol. The van der Waals surface area contributed by atoms with Gasteiger partial charge < -0.3 is 38.6 Å². The minimum absolute atomic E-state index is 0. The van der Waals surface area contributed by atoms with Crippen molar-refractivity contribution in [2.24, 2.45) is 0 Å². The molecule has 0 saturated heterocycles. The number of halogens is 1. The number of allylic oxidation sites excluding steroid dienone is 2. The Hall–Kier alpha value is -7.07. The maximum Gasteiger partial charge on any atom is 1.00 e. The van der Waals surface area contributed by atoms with E-state index in [4.69, 9.17) is 14.6 Å². The van der Waals surface area contributed by atoms with E-state index in [1.54, 1.807) is 19.3 Å². The van der Waals surface area contributed by atoms with Gasteiger partial charge in [0.25, 0.3) is 0 Å². The first kappa shape index (κ1) is 79.2. The fraction of sp³-hybridized carbons (Fsp3) is 0.241. The van der Waals surface area contributed by atoms with Gasteiger partial charge in [-0.25, -0.2) is 0 Å². The third-order valence-electron chi connectivity index (χ3n) is 14.8. The van der Waals surface area contributed by atoms with Gasteiger partial charge in [-0.1, -0.05) is 242 Å². The third kappa shape index (κ3) is 30.6. The summed E-state index contributed by atoms with van der Waals surface area (Å²) in [6.07, 6.45) is 43.2. The van der Waals surface area contributed by atoms with Gasteiger partial charge in [0.15, 0.2) is 0 Å². The molecule has 0 amide bonds. The molecule has 9 heteroatoms. The van der Waals surface area contributed by atoms with Crippen molar-refractivity contribution in [2.75, 3.05) is 19.8 Å². The van der Waals surface area contributed by atoms with Gasteiger partial charge in [0.05, 0.1) is 19.4 Å². The molecule has 0 radical (unpaired) electrons. The monoisotopic (exact) mass is 1360 g/mol. The molecule has 7 aromatic carbocycles. The number of unbranched alkanes of at least 4 members (excludes halogenated alkanes) is 12. The van der Waals surface area contributed by atoms with Crippen LogP contribution >= 0.6 is 7.26 Å². The number of pyridine rings is 2. The number of hydrogen-bond donors (Lipinski definition) is 0. The number of carbonyl (C=O) groups is 1. The van der Waals surface area contributed by atoms with Gasteiger partial charge in [-0.05, 0) is 162 Å². The predicted molar refractivity (Wildman–Crippen MR) is 389 cm³/mol. The van der Waals surface area contributed by atoms with E-state index in [0.29, 0.717) is 5.56 Å². The molecule has 0 N–H and O–H groups in total. The van der Waals surface area contributed by atoms with Crippen LogP contribution in [0.5, 0.6) is 11.5 Å². The van der Waals surface area contributed by atoms with E-state index in [2.05, 4.69) is 217 Å². The van der Waals surface area contributed by atoms with Gasteiger partial charge in [-0.15, -0.1) is 19.8 Å². The summed E-state index contributed by atoms with van der Waals surface area (Å²) >= 11 is 0. The van der Waals surface area contributed by atoms with E-state index in [1.165, 1.54) is 102 Å². The summed E-state index contributed by atoms with van der Waals surface area (Å²) in [4.78, 5) is 18.9. The van der Waals surface area contributed by atoms with Crippen LogP contribution in [0.25, 0.3) is 36.5 Å². The van der Waals surface area contributed by atoms with Crippen LogP contribution in [-0.4, -0.2) is 36.1 Å². The number of aldehydes is 1. The normalized spacial score (nSPS) is 10.6. The van der Waals surface area contributed by atoms with Crippen LogP contribution in [0.4, 0.5) is 0 Å². The van der Waals surface area contributed by atoms with Crippen LogP contribution < -0.4 is 84.0 Å². The van der Waals surface area contributed by atoms with Crippen LogP contribution in [0, 0.1) is 0 Å². The summed E-state index contributed by atoms with van der Waals surface area (Å²) in [5.74, 6) is 1.87. The van der Waals surface area contributed by atoms with E-state index in [9.17, 15) is 4.79 Å². The number of rotatable bonds is 32. The standard InChI is InChI=1S/C31H35NO.C25H30O2.C24H21NP.C2H5O.CH4.HI.Na/c1-2-3-4-5-6-7-8-9-26-33-31-20-18-29(19-21-31)15-14-27-10-12-28(13-11-27)16-17-30-22-24-32-25-23-30;1-2-3-4-5-6-7-8-9-20-27-25-18-16-23(17-19-25)11-10-22-12-14-24(21-26)15-13-22;1-4-10-22(11-5-1)26(23-12-6-2-7-13-23,24-14-8-3-9-15-24)20-21-16-18-25-19-17-21;1-2-3;;;/h2,10-25H,1,3-9,26H2;2,10-19,21H,1,3-9,20H2;1-19H,20H2;2H2,1H3;1H4;1H;/q;;+1;-1;;;+1/p-1. The second kappa shape index (κ2) is 49.6. The van der Waals surface area contributed by atoms with Crippen LogP contribution in [0.3, 0.4) is 0 Å². The summed E-state index contributed by atoms with van der Waals surface area (Å²) in [7, 11) is -1.80. The van der Waals surface area contributed by atoms with Crippen LogP contribution in [0.1, 0.15) is 154 Å². The average Bonchev–Trinajstić information content (AvgIpc) is 0.765. The van der Waals surface area contributed by atoms with Gasteiger partial charge in [-0.2, -0.15) is 0 Å². The summed E-state index contributed by atoms with van der Waals surface area (Å²) in [5, 5.41) is 13.2. The zero-order valence-electron chi connectivity index (χ0n) is 53.7. The molecule has 2 heterocycles. The molecule has 9 aromatic rings. The average molecular weight is 1370 g/mol. The maximum atomic E-state index is 10.7. The van der Waals surface area contributed by atoms with Gasteiger partial charge in [0, 0.05) is 30.4 Å². The minimum Gasteiger partial charge on any atom is -1.00 e. The molecule has 0 aliphatic rings. The summed E-state index contributed by atoms with van der Waals surface area (Å²) in [5.41, 5.74) is 8.90. The zero-order chi connectivity index (χ0) is 62.5. The Morgan fingerprint density at radius 2 is 0.663 bits per heavy atom. The summed E-state index contributed by atoms with van der Waals surface area (Å²) in [6.45, 7) is 10.7. The Balaban J connectivity index is 0.000000349. The molecule has 0 unspecified atom stereocenters. The smallest absolute Gasteiger partial charge is 1.00 e. The quantitative estimate of drug-likeness (QED) is 0.00794. The molecule has 0 saturated carbocycles. The van der Waals surface area contributed by atoms with Crippen molar-refractivity contribution >= 4 is 65.9 Å². The molecule has 0 atom stereocenters. The molecule has 0 aliphatic carbocycles. The third-order valence-corrected chi connectivity index (χ3v) is 19.2. The molecule has 474 valence electrons. The van der Waals surface area contributed by atoms with Crippen molar-refractivity contribution in [3.8, 4) is 11.5 Å². The minimum atomic E-state index is -1.80. The number of hydrogen-bond acceptors (Lipinski definition) is 6. The molecule has 92 heavy (non-hydrogen) atoms. The van der Waals surface area contributed by atoms with E-state index in [0.717, 1.165) is 79.5 Å². The fourth-order valence-corrected chi connectivity index (χ4v) is 14.2. The number of benzene rings is 7. The zero-order valence-corrected chi connectivity index (χ0v) is 58.8. The van der Waals surface area contributed by atoms with E-state index in [1.807, 2.05) is 79.2 Å². The Kier molecular flexibility index (Phi) is 42.6. The molecule has 9 rings (SSSR count). The van der Waals surface area contributed by atoms with Gasteiger partial charge in [0.2, 0.25) is 0 Å². The van der Waals surface area contributed by atoms with E-state index >= 15 is 0 Å². The number of carbonyl (C=O) groups excluding carboxylic acids is 1. The van der Waals surface area contributed by atoms with Crippen molar-refractivity contribution in [2.45, 2.75) is 110 Å². The Morgan fingerprint density at radius 1 is 0.391 bits per heavy atom. The number of aromatic nitrogens is 2. The summed E-state index contributed by atoms with van der Waals surface area (Å²) in [6, 6.07) is 73.8. The van der Waals surface area contributed by atoms with Crippen molar-refractivity contribution in [3.63, 3.8) is 0 Å². The van der Waals surface area contributed by atoms with Crippen LogP contribution in [-0.2, 0) is 6.16 Å². The van der Waals surface area contributed by atoms with Crippen LogP contribution in [0.2, 0.25) is 0 Å². The molecule has 0 fully saturated rings. The van der Waals surface area contributed by atoms with Gasteiger partial charge in [0.1, 0.15) is 41.0 Å². The molecule has 0 aliphatic heterocycles. The largest absolute Gasteiger partial charge is 1.00 e. The number of nitrogens with zero attached hydrogens (tertiary/aromatic N) is 2. The second-order valence-electron chi connectivity index (χ2n) is 21.6. The Morgan fingerprint density at radius 3 is 0.978 bits per heavy atom. The topological polar surface area (TPSA) is 84.4 Å². The fourth-order valence-electron chi connectivity index (χ4n) is 9.91. The first-order valence-corrected chi connectivity index (χ1v) is 33.7. The van der Waals surface area contributed by atoms with Crippen molar-refractivity contribution in [1.29, 1.82) is 0 Å². The van der Waals surface area contributed by atoms with Crippen molar-refractivity contribution < 1.29 is 72.9 Å². The first-order valence-electron chi connectivity index (χ1n) is 31.7. The van der Waals surface area contributed by atoms with Gasteiger partial charge >= 0.3 is 29.6 Å². The van der Waals surface area contributed by atoms with Gasteiger partial charge in [-0.3, -0.25) is 14.8 Å². The Labute approximate surface area is 592 Å². The predicted octanol–water partition coefficient (Wildman–Crippen LogP) is 14.3. The molecule has 6 nitrogen and oxygen atoms in total. The first-order chi connectivity index (χ1) is 44.0. The van der Waals surface area contributed by atoms with E-state index < -0.39 is 7.26 Å². The number of ether oxygens (including phenoxy) is 2. The molecule has 0 spiro atoms. The van der Waals surface area contributed by atoms with E-state index in [-0.39, 0.29) is 67.6 Å².